The molecule has 3 aliphatic heterocycles. The van der Waals surface area contributed by atoms with Crippen molar-refractivity contribution in [2.24, 2.45) is 11.8 Å². The second-order valence-electron chi connectivity index (χ2n) is 10.6. The van der Waals surface area contributed by atoms with E-state index in [9.17, 15) is 4.79 Å². The van der Waals surface area contributed by atoms with Crippen LogP contribution in [0, 0.1) is 11.8 Å². The maximum atomic E-state index is 13.5. The normalized spacial score (nSPS) is 26.8. The fourth-order valence-corrected chi connectivity index (χ4v) is 6.22. The van der Waals surface area contributed by atoms with E-state index in [2.05, 4.69) is 18.8 Å². The summed E-state index contributed by atoms with van der Waals surface area (Å²) in [6, 6.07) is 13.7. The molecule has 2 saturated heterocycles. The molecular weight excluding hydrogens is 462 g/mol. The number of likely N-dealkylation sites (tertiary alicyclic amines) is 1. The molecule has 0 aliphatic carbocycles. The van der Waals surface area contributed by atoms with Crippen molar-refractivity contribution in [3.63, 3.8) is 0 Å². The average molecular weight is 492 g/mol. The smallest absolute Gasteiger partial charge is 0.253 e. The third-order valence-electron chi connectivity index (χ3n) is 7.84. The van der Waals surface area contributed by atoms with Gasteiger partial charge in [0.1, 0.15) is 11.4 Å². The van der Waals surface area contributed by atoms with Crippen molar-refractivity contribution >= 4 is 17.5 Å². The van der Waals surface area contributed by atoms with E-state index < -0.39 is 0 Å². The lowest BCUT2D eigenvalue weighted by Crippen LogP contribution is -2.56. The lowest BCUT2D eigenvalue weighted by molar-refractivity contribution is -0.184. The highest BCUT2D eigenvalue weighted by Crippen LogP contribution is 2.53. The number of nitrogens with zero attached hydrogens (tertiary/aromatic N) is 3. The molecule has 182 valence electrons. The molecule has 1 amide bonds. The van der Waals surface area contributed by atoms with Gasteiger partial charge in [0.25, 0.3) is 5.91 Å². The topological polar surface area (TPSA) is 56.6 Å². The van der Waals surface area contributed by atoms with Gasteiger partial charge in [0, 0.05) is 60.0 Å². The molecule has 4 atom stereocenters. The number of amides is 1. The maximum absolute atomic E-state index is 13.5. The molecule has 1 aromatic heterocycles. The Hall–Kier alpha value is -2.83. The first kappa shape index (κ1) is 22.6. The van der Waals surface area contributed by atoms with Gasteiger partial charge in [-0.1, -0.05) is 23.7 Å². The van der Waals surface area contributed by atoms with E-state index in [0.29, 0.717) is 24.7 Å². The summed E-state index contributed by atoms with van der Waals surface area (Å²) >= 11 is 6.32. The van der Waals surface area contributed by atoms with Crippen molar-refractivity contribution in [3.05, 3.63) is 82.9 Å². The summed E-state index contributed by atoms with van der Waals surface area (Å²) in [5, 5.41) is 0.701. The van der Waals surface area contributed by atoms with Gasteiger partial charge in [-0.25, -0.2) is 4.98 Å². The highest BCUT2D eigenvalue weighted by molar-refractivity contribution is 6.30. The van der Waals surface area contributed by atoms with Crippen LogP contribution in [0.25, 0.3) is 0 Å². The average Bonchev–Trinajstić information content (AvgIpc) is 3.36. The maximum Gasteiger partial charge on any atom is 0.253 e. The van der Waals surface area contributed by atoms with Crippen molar-refractivity contribution in [3.8, 4) is 5.75 Å². The first-order valence-electron chi connectivity index (χ1n) is 12.4. The van der Waals surface area contributed by atoms with E-state index in [1.54, 1.807) is 12.5 Å². The molecule has 0 saturated carbocycles. The van der Waals surface area contributed by atoms with Crippen LogP contribution in [0.3, 0.4) is 0 Å². The molecule has 0 N–H and O–H groups in total. The second kappa shape index (κ2) is 8.68. The zero-order valence-electron chi connectivity index (χ0n) is 20.1. The van der Waals surface area contributed by atoms with Gasteiger partial charge in [0.2, 0.25) is 0 Å². The van der Waals surface area contributed by atoms with E-state index in [1.807, 2.05) is 58.1 Å². The molecule has 0 spiro atoms. The Labute approximate surface area is 210 Å². The van der Waals surface area contributed by atoms with Crippen LogP contribution in [0.5, 0.6) is 5.75 Å². The van der Waals surface area contributed by atoms with Crippen LogP contribution >= 0.6 is 11.6 Å². The highest BCUT2D eigenvalue weighted by Gasteiger charge is 2.51. The molecular formula is C28H30ClN3O3. The third kappa shape index (κ3) is 4.23. The van der Waals surface area contributed by atoms with E-state index in [-0.39, 0.29) is 35.6 Å². The Bertz CT molecular complexity index is 1240. The van der Waals surface area contributed by atoms with Gasteiger partial charge in [-0.2, -0.15) is 0 Å². The summed E-state index contributed by atoms with van der Waals surface area (Å²) in [6.07, 6.45) is 7.38. The first-order valence-corrected chi connectivity index (χ1v) is 12.7. The number of imidazole rings is 1. The Morgan fingerprint density at radius 2 is 2.11 bits per heavy atom. The molecule has 0 unspecified atom stereocenters. The molecule has 6 nitrogen and oxygen atoms in total. The summed E-state index contributed by atoms with van der Waals surface area (Å²) < 4.78 is 15.1. The highest BCUT2D eigenvalue weighted by atomic mass is 35.5. The summed E-state index contributed by atoms with van der Waals surface area (Å²) in [5.41, 5.74) is 2.52. The van der Waals surface area contributed by atoms with Gasteiger partial charge in [0.15, 0.2) is 0 Å². The zero-order valence-corrected chi connectivity index (χ0v) is 20.8. The van der Waals surface area contributed by atoms with E-state index in [4.69, 9.17) is 21.1 Å². The molecule has 4 heterocycles. The predicted molar refractivity (Wildman–Crippen MR) is 134 cm³/mol. The standard InChI is InChI=1S/C28H30ClN3O3/c1-28(2)23-13-20-16-32(27(33)19-5-3-4-18(12-19)15-31-11-9-30-17-31)10-8-24(20)34-26(23)22-14-21(29)6-7-25(22)35-28/h3-7,9,11-12,14,17,20,23-24,26H,8,10,13,15-16H2,1-2H3/t20-,23+,24+,26-/m1/s1. The summed E-state index contributed by atoms with van der Waals surface area (Å²) in [4.78, 5) is 19.6. The number of piperidine rings is 1. The number of carbonyl (C=O) groups excluding carboxylic acids is 1. The Morgan fingerprint density at radius 3 is 2.94 bits per heavy atom. The number of carbonyl (C=O) groups is 1. The second-order valence-corrected chi connectivity index (χ2v) is 11.0. The van der Waals surface area contributed by atoms with Crippen LogP contribution in [0.1, 0.15) is 54.3 Å². The molecule has 3 aromatic rings. The summed E-state index contributed by atoms with van der Waals surface area (Å²) in [6.45, 7) is 6.39. The lowest BCUT2D eigenvalue weighted by atomic mass is 9.70. The van der Waals surface area contributed by atoms with Crippen molar-refractivity contribution in [2.75, 3.05) is 13.1 Å². The number of hydrogen-bond acceptors (Lipinski definition) is 4. The Kier molecular flexibility index (Phi) is 5.61. The van der Waals surface area contributed by atoms with Crippen molar-refractivity contribution < 1.29 is 14.3 Å². The van der Waals surface area contributed by atoms with Crippen LogP contribution in [0.4, 0.5) is 0 Å². The molecule has 35 heavy (non-hydrogen) atoms. The molecule has 2 fully saturated rings. The number of benzene rings is 2. The summed E-state index contributed by atoms with van der Waals surface area (Å²) in [5.74, 6) is 1.44. The van der Waals surface area contributed by atoms with Crippen molar-refractivity contribution in [1.29, 1.82) is 0 Å². The lowest BCUT2D eigenvalue weighted by Gasteiger charge is -2.53. The molecule has 0 bridgehead atoms. The van der Waals surface area contributed by atoms with Gasteiger partial charge in [0.05, 0.1) is 18.5 Å². The minimum Gasteiger partial charge on any atom is -0.487 e. The molecule has 2 aromatic carbocycles. The number of rotatable bonds is 3. The zero-order chi connectivity index (χ0) is 24.2. The summed E-state index contributed by atoms with van der Waals surface area (Å²) in [7, 11) is 0. The number of hydrogen-bond donors (Lipinski definition) is 0. The molecule has 6 rings (SSSR count). The SMILES string of the molecule is CC1(C)Oc2ccc(Cl)cc2[C@H]2O[C@H]3CCN(C(=O)c4cccc(Cn5ccnc5)c4)C[C@H]3C[C@@H]21. The van der Waals surface area contributed by atoms with Crippen LogP contribution in [0.2, 0.25) is 5.02 Å². The largest absolute Gasteiger partial charge is 0.487 e. The molecule has 7 heteroatoms. The first-order chi connectivity index (χ1) is 16.9. The molecule has 3 aliphatic rings. The fourth-order valence-electron chi connectivity index (χ4n) is 6.04. The van der Waals surface area contributed by atoms with Gasteiger partial charge >= 0.3 is 0 Å². The van der Waals surface area contributed by atoms with Gasteiger partial charge in [-0.3, -0.25) is 4.79 Å². The minimum atomic E-state index is -0.357. The van der Waals surface area contributed by atoms with Gasteiger partial charge in [-0.05, 0) is 62.6 Å². The van der Waals surface area contributed by atoms with Crippen LogP contribution in [-0.4, -0.2) is 45.2 Å². The van der Waals surface area contributed by atoms with Crippen molar-refractivity contribution in [1.82, 2.24) is 14.5 Å². The number of fused-ring (bicyclic) bond motifs is 4. The van der Waals surface area contributed by atoms with E-state index in [0.717, 1.165) is 35.3 Å². The number of halogens is 1. The minimum absolute atomic E-state index is 0.0317. The monoisotopic (exact) mass is 491 g/mol. The van der Waals surface area contributed by atoms with Crippen LogP contribution < -0.4 is 4.74 Å². The quantitative estimate of drug-likeness (QED) is 0.494. The molecule has 0 radical (unpaired) electrons. The van der Waals surface area contributed by atoms with Gasteiger partial charge < -0.3 is 18.9 Å². The van der Waals surface area contributed by atoms with Crippen molar-refractivity contribution in [2.45, 2.75) is 51.0 Å². The number of ether oxygens (including phenoxy) is 2. The third-order valence-corrected chi connectivity index (χ3v) is 8.07. The van der Waals surface area contributed by atoms with E-state index >= 15 is 0 Å². The Morgan fingerprint density at radius 1 is 1.23 bits per heavy atom. The van der Waals surface area contributed by atoms with Crippen LogP contribution in [-0.2, 0) is 11.3 Å². The van der Waals surface area contributed by atoms with Gasteiger partial charge in [-0.15, -0.1) is 0 Å². The van der Waals surface area contributed by atoms with E-state index in [1.165, 1.54) is 0 Å². The Balaban J connectivity index is 1.19. The van der Waals surface area contributed by atoms with Crippen LogP contribution in [0.15, 0.2) is 61.2 Å². The predicted octanol–water partition coefficient (Wildman–Crippen LogP) is 5.36. The number of aromatic nitrogens is 2. The fraction of sp³-hybridized carbons (Fsp3) is 0.429.